The highest BCUT2D eigenvalue weighted by Crippen LogP contribution is 2.27. The SMILES string of the molecule is C1=Cc2cccc(Cc3cccc4ccccc34)c2C1. The quantitative estimate of drug-likeness (QED) is 0.605. The van der Waals surface area contributed by atoms with E-state index in [0.29, 0.717) is 0 Å². The van der Waals surface area contributed by atoms with E-state index in [4.69, 9.17) is 0 Å². The van der Waals surface area contributed by atoms with Crippen molar-refractivity contribution in [3.63, 3.8) is 0 Å². The number of rotatable bonds is 2. The van der Waals surface area contributed by atoms with E-state index in [0.717, 1.165) is 12.8 Å². The van der Waals surface area contributed by atoms with E-state index in [9.17, 15) is 0 Å². The smallest absolute Gasteiger partial charge is 0.00166 e. The molecule has 96 valence electrons. The molecule has 3 aromatic rings. The van der Waals surface area contributed by atoms with Crippen molar-refractivity contribution >= 4 is 16.8 Å². The van der Waals surface area contributed by atoms with E-state index >= 15 is 0 Å². The second-order valence-corrected chi connectivity index (χ2v) is 5.41. The molecule has 0 saturated heterocycles. The van der Waals surface area contributed by atoms with Crippen LogP contribution in [0.1, 0.15) is 22.3 Å². The van der Waals surface area contributed by atoms with Gasteiger partial charge in [0.25, 0.3) is 0 Å². The zero-order valence-corrected chi connectivity index (χ0v) is 11.3. The van der Waals surface area contributed by atoms with Gasteiger partial charge in [-0.25, -0.2) is 0 Å². The van der Waals surface area contributed by atoms with Gasteiger partial charge in [0, 0.05) is 0 Å². The van der Waals surface area contributed by atoms with Gasteiger partial charge in [0.15, 0.2) is 0 Å². The summed E-state index contributed by atoms with van der Waals surface area (Å²) < 4.78 is 0. The van der Waals surface area contributed by atoms with Crippen LogP contribution in [0.4, 0.5) is 0 Å². The fraction of sp³-hybridized carbons (Fsp3) is 0.100. The van der Waals surface area contributed by atoms with E-state index in [1.165, 1.54) is 33.0 Å². The van der Waals surface area contributed by atoms with Gasteiger partial charge in [0.1, 0.15) is 0 Å². The number of allylic oxidation sites excluding steroid dienone is 1. The maximum absolute atomic E-state index is 2.27. The maximum Gasteiger partial charge on any atom is -0.00166 e. The molecular formula is C20H16. The molecule has 0 aromatic heterocycles. The van der Waals surface area contributed by atoms with Gasteiger partial charge >= 0.3 is 0 Å². The molecule has 0 radical (unpaired) electrons. The molecule has 0 bridgehead atoms. The first-order valence-corrected chi connectivity index (χ1v) is 7.16. The number of hydrogen-bond acceptors (Lipinski definition) is 0. The van der Waals surface area contributed by atoms with Gasteiger partial charge in [-0.05, 0) is 45.9 Å². The van der Waals surface area contributed by atoms with Gasteiger partial charge in [-0.3, -0.25) is 0 Å². The van der Waals surface area contributed by atoms with Crippen LogP contribution in [-0.2, 0) is 12.8 Å². The molecule has 20 heavy (non-hydrogen) atoms. The molecule has 0 amide bonds. The third-order valence-corrected chi connectivity index (χ3v) is 4.19. The van der Waals surface area contributed by atoms with Crippen LogP contribution in [-0.4, -0.2) is 0 Å². The van der Waals surface area contributed by atoms with Crippen LogP contribution < -0.4 is 0 Å². The lowest BCUT2D eigenvalue weighted by molar-refractivity contribution is 1.14. The summed E-state index contributed by atoms with van der Waals surface area (Å²) in [5, 5.41) is 2.70. The number of hydrogen-bond donors (Lipinski definition) is 0. The largest absolute Gasteiger partial charge is 0.0795 e. The molecule has 0 unspecified atom stereocenters. The van der Waals surface area contributed by atoms with Crippen LogP contribution in [0.15, 0.2) is 66.7 Å². The van der Waals surface area contributed by atoms with Crippen molar-refractivity contribution in [2.45, 2.75) is 12.8 Å². The first-order chi connectivity index (χ1) is 9.92. The Morgan fingerprint density at radius 3 is 2.55 bits per heavy atom. The van der Waals surface area contributed by atoms with Gasteiger partial charge in [0.2, 0.25) is 0 Å². The van der Waals surface area contributed by atoms with Gasteiger partial charge < -0.3 is 0 Å². The van der Waals surface area contributed by atoms with E-state index < -0.39 is 0 Å². The van der Waals surface area contributed by atoms with Crippen molar-refractivity contribution in [3.05, 3.63) is 89.0 Å². The maximum atomic E-state index is 2.27. The Morgan fingerprint density at radius 1 is 0.750 bits per heavy atom. The van der Waals surface area contributed by atoms with Gasteiger partial charge in [0.05, 0.1) is 0 Å². The molecule has 0 aliphatic heterocycles. The minimum absolute atomic E-state index is 1.02. The zero-order chi connectivity index (χ0) is 13.4. The first-order valence-electron chi connectivity index (χ1n) is 7.16. The molecule has 0 heterocycles. The summed E-state index contributed by atoms with van der Waals surface area (Å²) in [4.78, 5) is 0. The molecule has 0 nitrogen and oxygen atoms in total. The Balaban J connectivity index is 1.81. The molecule has 0 fully saturated rings. The summed E-state index contributed by atoms with van der Waals surface area (Å²) in [7, 11) is 0. The Hall–Kier alpha value is -2.34. The third-order valence-electron chi connectivity index (χ3n) is 4.19. The molecule has 1 aliphatic carbocycles. The predicted octanol–water partition coefficient (Wildman–Crippen LogP) is 5.00. The summed E-state index contributed by atoms with van der Waals surface area (Å²) >= 11 is 0. The summed E-state index contributed by atoms with van der Waals surface area (Å²) in [6.45, 7) is 0. The summed E-state index contributed by atoms with van der Waals surface area (Å²) in [6.07, 6.45) is 6.60. The number of fused-ring (bicyclic) bond motifs is 2. The Kier molecular flexibility index (Phi) is 2.67. The van der Waals surface area contributed by atoms with Crippen molar-refractivity contribution in [3.8, 4) is 0 Å². The molecule has 3 aromatic carbocycles. The van der Waals surface area contributed by atoms with Gasteiger partial charge in [-0.2, -0.15) is 0 Å². The molecule has 0 N–H and O–H groups in total. The van der Waals surface area contributed by atoms with Crippen LogP contribution in [0.5, 0.6) is 0 Å². The summed E-state index contributed by atoms with van der Waals surface area (Å²) in [6, 6.07) is 21.9. The molecule has 0 saturated carbocycles. The van der Waals surface area contributed by atoms with Crippen LogP contribution in [0.2, 0.25) is 0 Å². The second kappa shape index (κ2) is 4.64. The van der Waals surface area contributed by atoms with Gasteiger partial charge in [-0.15, -0.1) is 0 Å². The lowest BCUT2D eigenvalue weighted by Crippen LogP contribution is -1.96. The fourth-order valence-electron chi connectivity index (χ4n) is 3.18. The molecule has 1 aliphatic rings. The zero-order valence-electron chi connectivity index (χ0n) is 11.3. The summed E-state index contributed by atoms with van der Waals surface area (Å²) in [5.41, 5.74) is 5.77. The number of benzene rings is 3. The molecule has 4 rings (SSSR count). The van der Waals surface area contributed by atoms with Crippen LogP contribution in [0, 0.1) is 0 Å². The predicted molar refractivity (Wildman–Crippen MR) is 85.9 cm³/mol. The highest BCUT2D eigenvalue weighted by Gasteiger charge is 2.11. The minimum atomic E-state index is 1.02. The normalized spacial score (nSPS) is 12.8. The average molecular weight is 256 g/mol. The molecule has 0 spiro atoms. The molecular weight excluding hydrogens is 240 g/mol. The Bertz CT molecular complexity index is 804. The van der Waals surface area contributed by atoms with Crippen LogP contribution in [0.25, 0.3) is 16.8 Å². The average Bonchev–Trinajstić information content (AvgIpc) is 2.97. The second-order valence-electron chi connectivity index (χ2n) is 5.41. The van der Waals surface area contributed by atoms with E-state index in [-0.39, 0.29) is 0 Å². The van der Waals surface area contributed by atoms with E-state index in [1.54, 1.807) is 0 Å². The molecule has 0 heteroatoms. The highest BCUT2D eigenvalue weighted by molar-refractivity contribution is 5.86. The Labute approximate surface area is 119 Å². The van der Waals surface area contributed by atoms with Crippen molar-refractivity contribution in [1.82, 2.24) is 0 Å². The third kappa shape index (κ3) is 1.85. The molecule has 0 atom stereocenters. The fourth-order valence-corrected chi connectivity index (χ4v) is 3.18. The van der Waals surface area contributed by atoms with Crippen molar-refractivity contribution in [2.75, 3.05) is 0 Å². The topological polar surface area (TPSA) is 0 Å². The van der Waals surface area contributed by atoms with Crippen LogP contribution >= 0.6 is 0 Å². The first kappa shape index (κ1) is 11.5. The summed E-state index contributed by atoms with van der Waals surface area (Å²) in [5.74, 6) is 0. The lowest BCUT2D eigenvalue weighted by Gasteiger charge is -2.11. The monoisotopic (exact) mass is 256 g/mol. The van der Waals surface area contributed by atoms with E-state index in [2.05, 4.69) is 72.8 Å². The van der Waals surface area contributed by atoms with Crippen molar-refractivity contribution < 1.29 is 0 Å². The lowest BCUT2D eigenvalue weighted by atomic mass is 9.94. The Morgan fingerprint density at radius 2 is 1.55 bits per heavy atom. The van der Waals surface area contributed by atoms with E-state index in [1.807, 2.05) is 0 Å². The van der Waals surface area contributed by atoms with Crippen molar-refractivity contribution in [2.24, 2.45) is 0 Å². The minimum Gasteiger partial charge on any atom is -0.0795 e. The highest BCUT2D eigenvalue weighted by atomic mass is 14.2. The van der Waals surface area contributed by atoms with Crippen molar-refractivity contribution in [1.29, 1.82) is 0 Å². The van der Waals surface area contributed by atoms with Gasteiger partial charge in [-0.1, -0.05) is 72.8 Å². The van der Waals surface area contributed by atoms with Crippen LogP contribution in [0.3, 0.4) is 0 Å². The standard InChI is InChI=1S/C20H16/c1-2-12-19-15(6-1)7-3-10-17(19)14-18-11-4-8-16-9-5-13-20(16)18/h1-12H,13-14H2.